The van der Waals surface area contributed by atoms with Crippen LogP contribution in [0.4, 0.5) is 4.79 Å². The van der Waals surface area contributed by atoms with Crippen LogP contribution >= 0.6 is 0 Å². The van der Waals surface area contributed by atoms with Gasteiger partial charge in [-0.2, -0.15) is 0 Å². The molecular weight excluding hydrogens is 359 g/mol. The fraction of sp³-hybridized carbons (Fsp3) is 0.647. The number of rotatable bonds is 9. The molecule has 1 aromatic rings. The molecule has 3 N–H and O–H groups in total. The molecule has 0 fully saturated rings. The number of nitrogens with two attached hydrogens (primary N) is 1. The predicted molar refractivity (Wildman–Crippen MR) is 92.8 cm³/mol. The Balaban J connectivity index is 2.29. The van der Waals surface area contributed by atoms with Crippen molar-refractivity contribution in [2.45, 2.75) is 65.0 Å². The van der Waals surface area contributed by atoms with Gasteiger partial charge in [0, 0.05) is 0 Å². The number of amides is 1. The first kappa shape index (κ1) is 21.6. The van der Waals surface area contributed by atoms with Crippen LogP contribution in [0.25, 0.3) is 0 Å². The van der Waals surface area contributed by atoms with E-state index in [2.05, 4.69) is 32.4 Å². The van der Waals surface area contributed by atoms with Crippen LogP contribution in [-0.2, 0) is 28.1 Å². The van der Waals surface area contributed by atoms with Crippen molar-refractivity contribution >= 4 is 10.8 Å². The van der Waals surface area contributed by atoms with E-state index in [4.69, 9.17) is 15.0 Å². The van der Waals surface area contributed by atoms with Gasteiger partial charge in [-0.25, -0.2) is 4.79 Å². The van der Waals surface area contributed by atoms with E-state index in [1.165, 1.54) is 0 Å². The maximum atomic E-state index is 11.5. The summed E-state index contributed by atoms with van der Waals surface area (Å²) in [6.07, 6.45) is 4.59. The molecule has 1 unspecified atom stereocenters. The zero-order chi connectivity index (χ0) is 18.9. The van der Waals surface area contributed by atoms with E-state index < -0.39 is 11.7 Å². The van der Waals surface area contributed by atoms with Gasteiger partial charge in [0.05, 0.1) is 0 Å². The van der Waals surface area contributed by atoms with E-state index in [0.29, 0.717) is 31.1 Å². The van der Waals surface area contributed by atoms with Gasteiger partial charge in [0.1, 0.15) is 5.60 Å². The normalized spacial score (nSPS) is 13.4. The molecule has 1 atom stereocenters. The third-order valence-corrected chi connectivity index (χ3v) is 3.83. The first-order chi connectivity index (χ1) is 11.7. The molecule has 1 heterocycles. The number of nitrogens with one attached hydrogen (secondary N) is 1. The molecule has 25 heavy (non-hydrogen) atoms. The topological polar surface area (TPSA) is 103 Å². The van der Waals surface area contributed by atoms with Crippen molar-refractivity contribution in [2.75, 3.05) is 6.54 Å². The molecule has 0 aliphatic carbocycles. The Kier molecular flexibility index (Phi) is 9.10. The van der Waals surface area contributed by atoms with Gasteiger partial charge < -0.3 is 4.74 Å². The van der Waals surface area contributed by atoms with Gasteiger partial charge in [-0.05, 0) is 20.8 Å². The fourth-order valence-electron chi connectivity index (χ4n) is 2.01. The Morgan fingerprint density at radius 2 is 2.16 bits per heavy atom. The Morgan fingerprint density at radius 1 is 1.44 bits per heavy atom. The molecule has 1 amide bonds. The molecule has 0 aliphatic heterocycles. The average molecular weight is 387 g/mol. The van der Waals surface area contributed by atoms with Crippen molar-refractivity contribution in [3.63, 3.8) is 0 Å². The molecule has 7 nitrogen and oxygen atoms in total. The number of ether oxygens (including phenoxy) is 1. The van der Waals surface area contributed by atoms with Crippen LogP contribution in [-0.4, -0.2) is 33.1 Å². The summed E-state index contributed by atoms with van der Waals surface area (Å²) in [5.41, 5.74) is 6.73. The molecule has 1 rings (SSSR count). The van der Waals surface area contributed by atoms with Gasteiger partial charge in [-0.3, -0.25) is 0 Å². The second-order valence-electron chi connectivity index (χ2n) is 6.75. The third kappa shape index (κ3) is 9.00. The Hall–Kier alpha value is -1.44. The predicted octanol–water partition coefficient (Wildman–Crippen LogP) is 2.60. The van der Waals surface area contributed by atoms with Crippen molar-refractivity contribution in [2.24, 2.45) is 5.73 Å². The SMILES string of the molecule is C/C=C(\[CH]=[V])Cc1noc(C(N)CCCCNC(=O)OC(C)(C)C)n1. The van der Waals surface area contributed by atoms with Gasteiger partial charge in [-0.15, -0.1) is 0 Å². The second kappa shape index (κ2) is 10.5. The van der Waals surface area contributed by atoms with Crippen molar-refractivity contribution < 1.29 is 31.0 Å². The quantitative estimate of drug-likeness (QED) is 0.632. The molecule has 0 radical (unpaired) electrons. The van der Waals surface area contributed by atoms with Crippen molar-refractivity contribution in [3.05, 3.63) is 23.4 Å². The summed E-state index contributed by atoms with van der Waals surface area (Å²) < 4.78 is 12.4. The summed E-state index contributed by atoms with van der Waals surface area (Å²) in [5, 5.41) is 6.69. The van der Waals surface area contributed by atoms with E-state index in [9.17, 15) is 4.79 Å². The Labute approximate surface area is 158 Å². The molecule has 0 spiro atoms. The molecule has 8 heteroatoms. The number of unbranched alkanes of at least 4 members (excludes halogenated alkanes) is 1. The number of carbonyl (C=O) groups is 1. The van der Waals surface area contributed by atoms with Crippen molar-refractivity contribution in [1.82, 2.24) is 15.5 Å². The summed E-state index contributed by atoms with van der Waals surface area (Å²) in [6.45, 7) is 8.02. The number of allylic oxidation sites excluding steroid dienone is 2. The number of hydrogen-bond donors (Lipinski definition) is 2. The molecular formula is C17H28N4O3V. The van der Waals surface area contributed by atoms with Crippen LogP contribution in [0.1, 0.15) is 64.7 Å². The molecule has 139 valence electrons. The first-order valence-electron chi connectivity index (χ1n) is 8.42. The van der Waals surface area contributed by atoms with Crippen molar-refractivity contribution in [1.29, 1.82) is 0 Å². The van der Waals surface area contributed by atoms with Gasteiger partial charge in [0.15, 0.2) is 0 Å². The standard InChI is InChI=1S/C17H28N4O3.V/c1-6-12(2)11-14-20-15(24-21-14)13(18)9-7-8-10-19-16(22)23-17(3,4)5;/h2,6,13H,7-11,18H2,1,3-5H3,(H,19,22);/b12-6+;. The summed E-state index contributed by atoms with van der Waals surface area (Å²) >= 11 is 2.42. The minimum atomic E-state index is -0.483. The molecule has 1 aromatic heterocycles. The van der Waals surface area contributed by atoms with Crippen molar-refractivity contribution in [3.8, 4) is 0 Å². The molecule has 0 saturated heterocycles. The molecule has 0 aromatic carbocycles. The first-order valence-corrected chi connectivity index (χ1v) is 9.23. The van der Waals surface area contributed by atoms with Gasteiger partial charge in [0.25, 0.3) is 0 Å². The zero-order valence-corrected chi connectivity index (χ0v) is 16.8. The van der Waals surface area contributed by atoms with Crippen LogP contribution in [0.2, 0.25) is 0 Å². The van der Waals surface area contributed by atoms with Crippen LogP contribution in [0.5, 0.6) is 0 Å². The van der Waals surface area contributed by atoms with Gasteiger partial charge in [-0.1, -0.05) is 0 Å². The summed E-state index contributed by atoms with van der Waals surface area (Å²) in [7, 11) is 0. The number of aromatic nitrogens is 2. The fourth-order valence-corrected chi connectivity index (χ4v) is 2.39. The number of carbonyl (C=O) groups excluding carboxylic acids is 1. The number of alkyl carbamates (subject to hydrolysis) is 1. The van der Waals surface area contributed by atoms with E-state index in [1.807, 2.05) is 38.5 Å². The van der Waals surface area contributed by atoms with E-state index in [-0.39, 0.29) is 6.04 Å². The monoisotopic (exact) mass is 387 g/mol. The summed E-state index contributed by atoms with van der Waals surface area (Å²) in [6, 6.07) is -0.293. The average Bonchev–Trinajstić information content (AvgIpc) is 2.99. The van der Waals surface area contributed by atoms with E-state index in [1.54, 1.807) is 0 Å². The minimum absolute atomic E-state index is 0.293. The van der Waals surface area contributed by atoms with Gasteiger partial charge >= 0.3 is 122 Å². The van der Waals surface area contributed by atoms with Gasteiger partial charge in [0.2, 0.25) is 0 Å². The Morgan fingerprint density at radius 3 is 2.76 bits per heavy atom. The second-order valence-corrected chi connectivity index (χ2v) is 7.15. The van der Waals surface area contributed by atoms with Crippen LogP contribution in [0.15, 0.2) is 16.2 Å². The number of nitrogens with zero attached hydrogens (tertiary/aromatic N) is 2. The third-order valence-electron chi connectivity index (χ3n) is 3.31. The van der Waals surface area contributed by atoms with Crippen LogP contribution < -0.4 is 11.1 Å². The zero-order valence-electron chi connectivity index (χ0n) is 15.4. The molecule has 0 bridgehead atoms. The van der Waals surface area contributed by atoms with Crippen LogP contribution in [0.3, 0.4) is 0 Å². The molecule has 0 aliphatic rings. The van der Waals surface area contributed by atoms with E-state index >= 15 is 0 Å². The molecule has 0 saturated carbocycles. The van der Waals surface area contributed by atoms with E-state index in [0.717, 1.165) is 18.4 Å². The Bertz CT molecular complexity index is 593. The number of hydrogen-bond acceptors (Lipinski definition) is 6. The maximum absolute atomic E-state index is 11.5. The summed E-state index contributed by atoms with van der Waals surface area (Å²) in [5.74, 6) is 1.09. The van der Waals surface area contributed by atoms with Crippen LogP contribution in [0, 0.1) is 0 Å². The summed E-state index contributed by atoms with van der Waals surface area (Å²) in [4.78, 5) is 15.9.